The van der Waals surface area contributed by atoms with E-state index in [9.17, 15) is 9.18 Å². The maximum absolute atomic E-state index is 13.1. The third-order valence-corrected chi connectivity index (χ3v) is 3.52. The predicted molar refractivity (Wildman–Crippen MR) is 90.6 cm³/mol. The first kappa shape index (κ1) is 17.7. The van der Waals surface area contributed by atoms with E-state index < -0.39 is 0 Å². The molecule has 6 heteroatoms. The zero-order valence-electron chi connectivity index (χ0n) is 13.8. The average molecular weight is 332 g/mol. The Kier molecular flexibility index (Phi) is 6.14. The van der Waals surface area contributed by atoms with Crippen LogP contribution in [0.15, 0.2) is 42.5 Å². The summed E-state index contributed by atoms with van der Waals surface area (Å²) in [6, 6.07) is 11.3. The Morgan fingerprint density at radius 3 is 2.75 bits per heavy atom. The third kappa shape index (κ3) is 4.96. The monoisotopic (exact) mass is 332 g/mol. The van der Waals surface area contributed by atoms with Gasteiger partial charge in [0.1, 0.15) is 18.2 Å². The molecule has 0 saturated heterocycles. The van der Waals surface area contributed by atoms with E-state index >= 15 is 0 Å². The van der Waals surface area contributed by atoms with E-state index in [0.29, 0.717) is 11.4 Å². The Balaban J connectivity index is 1.97. The van der Waals surface area contributed by atoms with Crippen molar-refractivity contribution in [2.75, 3.05) is 25.5 Å². The van der Waals surface area contributed by atoms with Gasteiger partial charge in [0.05, 0.1) is 6.61 Å². The van der Waals surface area contributed by atoms with Crippen molar-refractivity contribution in [2.24, 2.45) is 0 Å². The molecule has 2 rings (SSSR count). The van der Waals surface area contributed by atoms with Crippen LogP contribution in [0.4, 0.5) is 14.9 Å². The van der Waals surface area contributed by atoms with Crippen LogP contribution in [0.2, 0.25) is 0 Å². The molecule has 128 valence electrons. The number of aliphatic hydroxyl groups excluding tert-OH is 1. The van der Waals surface area contributed by atoms with Gasteiger partial charge in [0, 0.05) is 19.3 Å². The van der Waals surface area contributed by atoms with Crippen LogP contribution in [0.3, 0.4) is 0 Å². The van der Waals surface area contributed by atoms with E-state index in [0.717, 1.165) is 11.1 Å². The molecule has 0 heterocycles. The summed E-state index contributed by atoms with van der Waals surface area (Å²) >= 11 is 0. The first-order chi connectivity index (χ1) is 11.5. The molecule has 0 aliphatic carbocycles. The molecule has 0 aliphatic rings. The van der Waals surface area contributed by atoms with E-state index in [1.54, 1.807) is 37.4 Å². The largest absolute Gasteiger partial charge is 0.489 e. The van der Waals surface area contributed by atoms with Crippen LogP contribution < -0.4 is 10.1 Å². The van der Waals surface area contributed by atoms with Gasteiger partial charge in [-0.05, 0) is 48.4 Å². The van der Waals surface area contributed by atoms with Gasteiger partial charge in [-0.3, -0.25) is 0 Å². The lowest BCUT2D eigenvalue weighted by Gasteiger charge is -2.18. The van der Waals surface area contributed by atoms with Crippen LogP contribution >= 0.6 is 0 Å². The van der Waals surface area contributed by atoms with E-state index in [1.165, 1.54) is 17.0 Å². The van der Waals surface area contributed by atoms with Crippen molar-refractivity contribution in [1.29, 1.82) is 0 Å². The summed E-state index contributed by atoms with van der Waals surface area (Å²) in [5, 5.41) is 11.6. The van der Waals surface area contributed by atoms with Crippen molar-refractivity contribution >= 4 is 11.7 Å². The van der Waals surface area contributed by atoms with Gasteiger partial charge in [-0.25, -0.2) is 9.18 Å². The number of aryl methyl sites for hydroxylation is 1. The quantitative estimate of drug-likeness (QED) is 0.854. The van der Waals surface area contributed by atoms with Gasteiger partial charge in [0.2, 0.25) is 0 Å². The highest BCUT2D eigenvalue weighted by Crippen LogP contribution is 2.22. The number of carbonyl (C=O) groups is 1. The summed E-state index contributed by atoms with van der Waals surface area (Å²) in [7, 11) is 1.61. The molecular weight excluding hydrogens is 311 g/mol. The maximum Gasteiger partial charge on any atom is 0.321 e. The van der Waals surface area contributed by atoms with Gasteiger partial charge < -0.3 is 20.1 Å². The summed E-state index contributed by atoms with van der Waals surface area (Å²) in [4.78, 5) is 13.3. The highest BCUT2D eigenvalue weighted by molar-refractivity contribution is 5.90. The highest BCUT2D eigenvalue weighted by Gasteiger charge is 2.10. The zero-order chi connectivity index (χ0) is 17.5. The maximum atomic E-state index is 13.1. The fourth-order valence-corrected chi connectivity index (χ4v) is 2.12. The molecule has 2 N–H and O–H groups in total. The standard InChI is InChI=1S/C18H21FN2O3/c1-13-10-16(24-12-14-4-3-5-15(19)11-14)6-7-17(13)20-18(23)21(2)8-9-22/h3-7,10-11,22H,8-9,12H2,1-2H3,(H,20,23). The van der Waals surface area contributed by atoms with Crippen LogP contribution in [-0.4, -0.2) is 36.2 Å². The van der Waals surface area contributed by atoms with Gasteiger partial charge >= 0.3 is 6.03 Å². The molecular formula is C18H21FN2O3. The minimum Gasteiger partial charge on any atom is -0.489 e. The van der Waals surface area contributed by atoms with Gasteiger partial charge in [0.15, 0.2) is 0 Å². The van der Waals surface area contributed by atoms with Crippen molar-refractivity contribution in [1.82, 2.24) is 4.90 Å². The summed E-state index contributed by atoms with van der Waals surface area (Å²) in [5.74, 6) is 0.343. The van der Waals surface area contributed by atoms with Crippen molar-refractivity contribution in [3.05, 3.63) is 59.4 Å². The summed E-state index contributed by atoms with van der Waals surface area (Å²) in [6.45, 7) is 2.30. The number of likely N-dealkylation sites (N-methyl/N-ethyl adjacent to an activating group) is 1. The van der Waals surface area contributed by atoms with E-state index in [1.807, 2.05) is 6.92 Å². The van der Waals surface area contributed by atoms with E-state index in [-0.39, 0.29) is 31.6 Å². The Labute approximate surface area is 140 Å². The molecule has 5 nitrogen and oxygen atoms in total. The van der Waals surface area contributed by atoms with Crippen molar-refractivity contribution < 1.29 is 19.0 Å². The molecule has 0 radical (unpaired) electrons. The molecule has 2 aromatic rings. The Morgan fingerprint density at radius 1 is 1.29 bits per heavy atom. The number of hydrogen-bond donors (Lipinski definition) is 2. The Bertz CT molecular complexity index is 706. The first-order valence-electron chi connectivity index (χ1n) is 7.60. The number of aliphatic hydroxyl groups is 1. The Hall–Kier alpha value is -2.60. The number of nitrogens with zero attached hydrogens (tertiary/aromatic N) is 1. The van der Waals surface area contributed by atoms with Gasteiger partial charge in [0.25, 0.3) is 0 Å². The molecule has 0 spiro atoms. The van der Waals surface area contributed by atoms with Crippen molar-refractivity contribution in [2.45, 2.75) is 13.5 Å². The number of rotatable bonds is 6. The second kappa shape index (κ2) is 8.31. The lowest BCUT2D eigenvalue weighted by Crippen LogP contribution is -2.33. The smallest absolute Gasteiger partial charge is 0.321 e. The lowest BCUT2D eigenvalue weighted by molar-refractivity contribution is 0.202. The number of halogens is 1. The number of nitrogens with one attached hydrogen (secondary N) is 1. The lowest BCUT2D eigenvalue weighted by atomic mass is 10.2. The molecule has 0 aliphatic heterocycles. The average Bonchev–Trinajstić information content (AvgIpc) is 2.55. The zero-order valence-corrected chi connectivity index (χ0v) is 13.8. The number of benzene rings is 2. The van der Waals surface area contributed by atoms with Crippen LogP contribution in [0.5, 0.6) is 5.75 Å². The molecule has 0 atom stereocenters. The van der Waals surface area contributed by atoms with Crippen LogP contribution in [-0.2, 0) is 6.61 Å². The van der Waals surface area contributed by atoms with E-state index in [2.05, 4.69) is 5.32 Å². The molecule has 2 aromatic carbocycles. The summed E-state index contributed by atoms with van der Waals surface area (Å²) in [6.07, 6.45) is 0. The van der Waals surface area contributed by atoms with Gasteiger partial charge in [-0.1, -0.05) is 12.1 Å². The molecule has 0 bridgehead atoms. The second-order valence-electron chi connectivity index (χ2n) is 5.47. The summed E-state index contributed by atoms with van der Waals surface area (Å²) < 4.78 is 18.8. The predicted octanol–water partition coefficient (Wildman–Crippen LogP) is 3.17. The van der Waals surface area contributed by atoms with Gasteiger partial charge in [-0.2, -0.15) is 0 Å². The van der Waals surface area contributed by atoms with Crippen LogP contribution in [0.1, 0.15) is 11.1 Å². The second-order valence-corrected chi connectivity index (χ2v) is 5.47. The number of amides is 2. The van der Waals surface area contributed by atoms with Crippen molar-refractivity contribution in [3.8, 4) is 5.75 Å². The molecule has 0 fully saturated rings. The molecule has 0 aromatic heterocycles. The fraction of sp³-hybridized carbons (Fsp3) is 0.278. The molecule has 24 heavy (non-hydrogen) atoms. The summed E-state index contributed by atoms with van der Waals surface area (Å²) in [5.41, 5.74) is 2.26. The minimum absolute atomic E-state index is 0.0875. The normalized spacial score (nSPS) is 10.3. The highest BCUT2D eigenvalue weighted by atomic mass is 19.1. The number of urea groups is 1. The minimum atomic E-state index is -0.294. The number of hydrogen-bond acceptors (Lipinski definition) is 3. The SMILES string of the molecule is Cc1cc(OCc2cccc(F)c2)ccc1NC(=O)N(C)CCO. The van der Waals surface area contributed by atoms with Crippen molar-refractivity contribution in [3.63, 3.8) is 0 Å². The first-order valence-corrected chi connectivity index (χ1v) is 7.60. The number of ether oxygens (including phenoxy) is 1. The topological polar surface area (TPSA) is 61.8 Å². The van der Waals surface area contributed by atoms with Crippen LogP contribution in [0, 0.1) is 12.7 Å². The Morgan fingerprint density at radius 2 is 2.08 bits per heavy atom. The molecule has 2 amide bonds. The van der Waals surface area contributed by atoms with E-state index in [4.69, 9.17) is 9.84 Å². The third-order valence-electron chi connectivity index (χ3n) is 3.52. The molecule has 0 saturated carbocycles. The van der Waals surface area contributed by atoms with Gasteiger partial charge in [-0.15, -0.1) is 0 Å². The van der Waals surface area contributed by atoms with Crippen LogP contribution in [0.25, 0.3) is 0 Å². The number of anilines is 1. The number of carbonyl (C=O) groups excluding carboxylic acids is 1. The molecule has 0 unspecified atom stereocenters. The fourth-order valence-electron chi connectivity index (χ4n) is 2.12.